The minimum absolute atomic E-state index is 0.194. The lowest BCUT2D eigenvalue weighted by molar-refractivity contribution is -0.122. The SMILES string of the molecule is C[C@@H](NC(N)=O)C(=O)NCCC1=CCCCC1. The molecule has 0 aromatic rings. The zero-order chi connectivity index (χ0) is 12.7. The van der Waals surface area contributed by atoms with Crippen LogP contribution in [0.2, 0.25) is 0 Å². The van der Waals surface area contributed by atoms with E-state index >= 15 is 0 Å². The average molecular weight is 239 g/mol. The molecule has 0 fully saturated rings. The van der Waals surface area contributed by atoms with Crippen LogP contribution in [-0.4, -0.2) is 24.5 Å². The van der Waals surface area contributed by atoms with Gasteiger partial charge in [0.15, 0.2) is 0 Å². The summed E-state index contributed by atoms with van der Waals surface area (Å²) in [4.78, 5) is 22.1. The number of urea groups is 1. The first-order valence-electron chi connectivity index (χ1n) is 6.11. The van der Waals surface area contributed by atoms with Crippen LogP contribution in [0.3, 0.4) is 0 Å². The van der Waals surface area contributed by atoms with Crippen molar-refractivity contribution in [2.24, 2.45) is 5.73 Å². The maximum atomic E-state index is 11.5. The maximum Gasteiger partial charge on any atom is 0.312 e. The van der Waals surface area contributed by atoms with Crippen LogP contribution in [0.15, 0.2) is 11.6 Å². The lowest BCUT2D eigenvalue weighted by Crippen LogP contribution is -2.46. The van der Waals surface area contributed by atoms with Crippen LogP contribution in [-0.2, 0) is 4.79 Å². The highest BCUT2D eigenvalue weighted by Gasteiger charge is 2.13. The summed E-state index contributed by atoms with van der Waals surface area (Å²) < 4.78 is 0. The van der Waals surface area contributed by atoms with Gasteiger partial charge in [-0.25, -0.2) is 4.79 Å². The van der Waals surface area contributed by atoms with Crippen molar-refractivity contribution in [2.45, 2.75) is 45.1 Å². The molecule has 0 aliphatic heterocycles. The van der Waals surface area contributed by atoms with Gasteiger partial charge in [0.1, 0.15) is 6.04 Å². The number of carbonyl (C=O) groups is 2. The molecule has 5 heteroatoms. The van der Waals surface area contributed by atoms with E-state index in [0.29, 0.717) is 6.54 Å². The van der Waals surface area contributed by atoms with E-state index in [4.69, 9.17) is 5.73 Å². The molecule has 1 rings (SSSR count). The Morgan fingerprint density at radius 2 is 2.24 bits per heavy atom. The molecule has 0 radical (unpaired) electrons. The predicted octanol–water partition coefficient (Wildman–Crippen LogP) is 1.05. The molecule has 1 aliphatic carbocycles. The van der Waals surface area contributed by atoms with Crippen LogP contribution in [0.25, 0.3) is 0 Å². The second kappa shape index (κ2) is 6.93. The second-order valence-corrected chi connectivity index (χ2v) is 4.38. The predicted molar refractivity (Wildman–Crippen MR) is 66.4 cm³/mol. The van der Waals surface area contributed by atoms with Crippen LogP contribution in [0, 0.1) is 0 Å². The summed E-state index contributed by atoms with van der Waals surface area (Å²) in [7, 11) is 0. The molecule has 0 aromatic carbocycles. The van der Waals surface area contributed by atoms with Gasteiger partial charge >= 0.3 is 6.03 Å². The Hall–Kier alpha value is -1.52. The van der Waals surface area contributed by atoms with Gasteiger partial charge in [-0.1, -0.05) is 11.6 Å². The number of rotatable bonds is 5. The molecule has 17 heavy (non-hydrogen) atoms. The van der Waals surface area contributed by atoms with E-state index < -0.39 is 12.1 Å². The van der Waals surface area contributed by atoms with Gasteiger partial charge in [-0.3, -0.25) is 4.79 Å². The highest BCUT2D eigenvalue weighted by atomic mass is 16.2. The quantitative estimate of drug-likeness (QED) is 0.626. The largest absolute Gasteiger partial charge is 0.354 e. The molecule has 0 bridgehead atoms. The lowest BCUT2D eigenvalue weighted by Gasteiger charge is -2.15. The Bertz CT molecular complexity index is 313. The first-order chi connectivity index (χ1) is 8.09. The number of carbonyl (C=O) groups excluding carboxylic acids is 2. The van der Waals surface area contributed by atoms with Crippen molar-refractivity contribution < 1.29 is 9.59 Å². The van der Waals surface area contributed by atoms with Gasteiger partial charge in [0.05, 0.1) is 0 Å². The smallest absolute Gasteiger partial charge is 0.312 e. The minimum atomic E-state index is -0.678. The monoisotopic (exact) mass is 239 g/mol. The molecule has 0 saturated heterocycles. The van der Waals surface area contributed by atoms with Gasteiger partial charge in [0.2, 0.25) is 5.91 Å². The van der Waals surface area contributed by atoms with Crippen LogP contribution >= 0.6 is 0 Å². The standard InChI is InChI=1S/C12H21N3O2/c1-9(15-12(13)17)11(16)14-8-7-10-5-3-2-4-6-10/h5,9H,2-4,6-8H2,1H3,(H,14,16)(H3,13,15,17)/t9-/m1/s1. The Morgan fingerprint density at radius 3 is 2.82 bits per heavy atom. The highest BCUT2D eigenvalue weighted by molar-refractivity contribution is 5.86. The molecule has 0 aromatic heterocycles. The molecule has 0 saturated carbocycles. The lowest BCUT2D eigenvalue weighted by atomic mass is 9.97. The summed E-state index contributed by atoms with van der Waals surface area (Å²) in [6, 6.07) is -1.25. The summed E-state index contributed by atoms with van der Waals surface area (Å²) in [5.41, 5.74) is 6.36. The molecule has 0 unspecified atom stereocenters. The average Bonchev–Trinajstić information content (AvgIpc) is 2.29. The van der Waals surface area contributed by atoms with E-state index in [1.165, 1.54) is 18.4 Å². The fourth-order valence-electron chi connectivity index (χ4n) is 1.91. The van der Waals surface area contributed by atoms with E-state index in [1.807, 2.05) is 0 Å². The van der Waals surface area contributed by atoms with Crippen molar-refractivity contribution in [3.05, 3.63) is 11.6 Å². The maximum absolute atomic E-state index is 11.5. The minimum Gasteiger partial charge on any atom is -0.354 e. The van der Waals surface area contributed by atoms with Crippen molar-refractivity contribution >= 4 is 11.9 Å². The Morgan fingerprint density at radius 1 is 1.47 bits per heavy atom. The Kier molecular flexibility index (Phi) is 5.52. The van der Waals surface area contributed by atoms with E-state index in [0.717, 1.165) is 19.3 Å². The number of allylic oxidation sites excluding steroid dienone is 1. The van der Waals surface area contributed by atoms with Crippen molar-refractivity contribution in [3.63, 3.8) is 0 Å². The van der Waals surface area contributed by atoms with Gasteiger partial charge in [0.25, 0.3) is 0 Å². The summed E-state index contributed by atoms with van der Waals surface area (Å²) in [5, 5.41) is 5.13. The molecule has 0 heterocycles. The van der Waals surface area contributed by atoms with E-state index in [-0.39, 0.29) is 5.91 Å². The van der Waals surface area contributed by atoms with Crippen molar-refractivity contribution in [2.75, 3.05) is 6.54 Å². The molecule has 0 spiro atoms. The second-order valence-electron chi connectivity index (χ2n) is 4.38. The number of hydrogen-bond acceptors (Lipinski definition) is 2. The number of primary amides is 1. The van der Waals surface area contributed by atoms with E-state index in [2.05, 4.69) is 16.7 Å². The fraction of sp³-hybridized carbons (Fsp3) is 0.667. The Labute approximate surface area is 102 Å². The molecule has 96 valence electrons. The van der Waals surface area contributed by atoms with Crippen molar-refractivity contribution in [3.8, 4) is 0 Å². The molecule has 4 N–H and O–H groups in total. The zero-order valence-electron chi connectivity index (χ0n) is 10.3. The van der Waals surface area contributed by atoms with Crippen molar-refractivity contribution in [1.82, 2.24) is 10.6 Å². The number of amides is 3. The molecular formula is C12H21N3O2. The summed E-state index contributed by atoms with van der Waals surface area (Å²) in [6.07, 6.45) is 7.98. The third-order valence-electron chi connectivity index (χ3n) is 2.88. The molecule has 5 nitrogen and oxygen atoms in total. The molecular weight excluding hydrogens is 218 g/mol. The summed E-state index contributed by atoms with van der Waals surface area (Å²) >= 11 is 0. The van der Waals surface area contributed by atoms with E-state index in [1.54, 1.807) is 6.92 Å². The molecule has 1 aliphatic rings. The van der Waals surface area contributed by atoms with Crippen molar-refractivity contribution in [1.29, 1.82) is 0 Å². The van der Waals surface area contributed by atoms with Crippen LogP contribution in [0.4, 0.5) is 4.79 Å². The normalized spacial score (nSPS) is 16.9. The Balaban J connectivity index is 2.19. The van der Waals surface area contributed by atoms with Crippen LogP contribution in [0.5, 0.6) is 0 Å². The summed E-state index contributed by atoms with van der Waals surface area (Å²) in [6.45, 7) is 2.23. The summed E-state index contributed by atoms with van der Waals surface area (Å²) in [5.74, 6) is -0.194. The molecule has 3 amide bonds. The first-order valence-corrected chi connectivity index (χ1v) is 6.11. The topological polar surface area (TPSA) is 84.2 Å². The van der Waals surface area contributed by atoms with Gasteiger partial charge < -0.3 is 16.4 Å². The number of nitrogens with one attached hydrogen (secondary N) is 2. The van der Waals surface area contributed by atoms with Gasteiger partial charge in [-0.05, 0) is 39.0 Å². The first kappa shape index (κ1) is 13.5. The van der Waals surface area contributed by atoms with Gasteiger partial charge in [-0.2, -0.15) is 0 Å². The fourth-order valence-corrected chi connectivity index (χ4v) is 1.91. The van der Waals surface area contributed by atoms with Gasteiger partial charge in [0, 0.05) is 6.54 Å². The number of hydrogen-bond donors (Lipinski definition) is 3. The van der Waals surface area contributed by atoms with Crippen LogP contribution < -0.4 is 16.4 Å². The molecule has 1 atom stereocenters. The third-order valence-corrected chi connectivity index (χ3v) is 2.88. The van der Waals surface area contributed by atoms with Crippen LogP contribution in [0.1, 0.15) is 39.0 Å². The number of nitrogens with two attached hydrogens (primary N) is 1. The van der Waals surface area contributed by atoms with Gasteiger partial charge in [-0.15, -0.1) is 0 Å². The highest BCUT2D eigenvalue weighted by Crippen LogP contribution is 2.19. The van der Waals surface area contributed by atoms with E-state index in [9.17, 15) is 9.59 Å². The zero-order valence-corrected chi connectivity index (χ0v) is 10.3. The third kappa shape index (κ3) is 5.38.